The summed E-state index contributed by atoms with van der Waals surface area (Å²) in [6.07, 6.45) is -1.61. The van der Waals surface area contributed by atoms with Gasteiger partial charge in [0.1, 0.15) is 11.4 Å². The molecule has 118 valence electrons. The summed E-state index contributed by atoms with van der Waals surface area (Å²) in [5.41, 5.74) is -0.156. The van der Waals surface area contributed by atoms with Crippen LogP contribution < -0.4 is 10.1 Å². The Morgan fingerprint density at radius 3 is 2.33 bits per heavy atom. The molecule has 0 saturated carbocycles. The number of hydrogen-bond acceptors (Lipinski definition) is 4. The summed E-state index contributed by atoms with van der Waals surface area (Å²) >= 11 is 0. The van der Waals surface area contributed by atoms with Crippen molar-refractivity contribution in [3.05, 3.63) is 29.8 Å². The van der Waals surface area contributed by atoms with Crippen molar-refractivity contribution in [3.63, 3.8) is 0 Å². The van der Waals surface area contributed by atoms with E-state index in [1.165, 1.54) is 24.3 Å². The number of alkyl carbamates (subject to hydrolysis) is 1. The second-order valence-corrected chi connectivity index (χ2v) is 5.35. The minimum absolute atomic E-state index is 0.000974. The second-order valence-electron chi connectivity index (χ2n) is 5.35. The van der Waals surface area contributed by atoms with Crippen LogP contribution in [0.1, 0.15) is 32.4 Å². The number of aliphatic hydroxyl groups excluding tert-OH is 1. The van der Waals surface area contributed by atoms with E-state index in [0.717, 1.165) is 0 Å². The maximum Gasteiger partial charge on any atom is 0.407 e. The molecule has 0 spiro atoms. The van der Waals surface area contributed by atoms with Crippen LogP contribution in [-0.2, 0) is 4.74 Å². The number of nitrogens with one attached hydrogen (secondary N) is 1. The van der Waals surface area contributed by atoms with Gasteiger partial charge in [-0.25, -0.2) is 4.79 Å². The number of halogens is 2. The fraction of sp³-hybridized carbons (Fsp3) is 0.500. The monoisotopic (exact) mass is 303 g/mol. The molecular formula is C14H19F2NO4. The third kappa shape index (κ3) is 6.89. The molecule has 0 aliphatic rings. The summed E-state index contributed by atoms with van der Waals surface area (Å²) in [4.78, 5) is 11.4. The van der Waals surface area contributed by atoms with E-state index in [4.69, 9.17) is 4.74 Å². The summed E-state index contributed by atoms with van der Waals surface area (Å²) in [6, 6.07) is 5.52. The van der Waals surface area contributed by atoms with Gasteiger partial charge in [0.15, 0.2) is 0 Å². The molecule has 0 fully saturated rings. The zero-order valence-corrected chi connectivity index (χ0v) is 12.1. The number of alkyl halides is 2. The first-order chi connectivity index (χ1) is 9.67. The molecule has 0 aliphatic carbocycles. The van der Waals surface area contributed by atoms with Crippen LogP contribution in [0.2, 0.25) is 0 Å². The largest absolute Gasteiger partial charge is 0.444 e. The highest BCUT2D eigenvalue weighted by molar-refractivity contribution is 5.67. The molecule has 5 nitrogen and oxygen atoms in total. The van der Waals surface area contributed by atoms with Gasteiger partial charge in [0.25, 0.3) is 0 Å². The molecule has 0 radical (unpaired) electrons. The molecule has 0 bridgehead atoms. The van der Waals surface area contributed by atoms with Gasteiger partial charge in [-0.15, -0.1) is 0 Å². The van der Waals surface area contributed by atoms with E-state index in [2.05, 4.69) is 10.1 Å². The molecule has 1 amide bonds. The Morgan fingerprint density at radius 2 is 1.86 bits per heavy atom. The SMILES string of the molecule is CC(C)(C)OC(=O)NCC(O)c1ccc(OC(F)F)cc1. The van der Waals surface area contributed by atoms with Gasteiger partial charge in [-0.05, 0) is 38.5 Å². The summed E-state index contributed by atoms with van der Waals surface area (Å²) in [7, 11) is 0. The molecule has 0 aliphatic heterocycles. The zero-order valence-electron chi connectivity index (χ0n) is 12.1. The molecular weight excluding hydrogens is 284 g/mol. The topological polar surface area (TPSA) is 67.8 Å². The molecule has 1 aromatic carbocycles. The predicted octanol–water partition coefficient (Wildman–Crippen LogP) is 2.85. The van der Waals surface area contributed by atoms with Gasteiger partial charge >= 0.3 is 12.7 Å². The highest BCUT2D eigenvalue weighted by Gasteiger charge is 2.17. The summed E-state index contributed by atoms with van der Waals surface area (Å²) in [5.74, 6) is 0.000974. The highest BCUT2D eigenvalue weighted by atomic mass is 19.3. The van der Waals surface area contributed by atoms with Crippen LogP contribution in [0.5, 0.6) is 5.75 Å². The zero-order chi connectivity index (χ0) is 16.0. The van der Waals surface area contributed by atoms with Gasteiger partial charge in [-0.3, -0.25) is 0 Å². The number of carbonyl (C=O) groups excluding carboxylic acids is 1. The number of ether oxygens (including phenoxy) is 2. The van der Waals surface area contributed by atoms with Crippen molar-refractivity contribution in [3.8, 4) is 5.75 Å². The van der Waals surface area contributed by atoms with E-state index in [-0.39, 0.29) is 12.3 Å². The van der Waals surface area contributed by atoms with Gasteiger partial charge in [-0.1, -0.05) is 12.1 Å². The van der Waals surface area contributed by atoms with Gasteiger partial charge in [0, 0.05) is 0 Å². The minimum Gasteiger partial charge on any atom is -0.444 e. The smallest absolute Gasteiger partial charge is 0.407 e. The lowest BCUT2D eigenvalue weighted by Crippen LogP contribution is -2.34. The lowest BCUT2D eigenvalue weighted by Gasteiger charge is -2.20. The van der Waals surface area contributed by atoms with E-state index in [9.17, 15) is 18.7 Å². The summed E-state index contributed by atoms with van der Waals surface area (Å²) in [6.45, 7) is 2.24. The van der Waals surface area contributed by atoms with Crippen molar-refractivity contribution in [1.82, 2.24) is 5.32 Å². The fourth-order valence-electron chi connectivity index (χ4n) is 1.48. The van der Waals surface area contributed by atoms with Crippen molar-refractivity contribution < 1.29 is 28.2 Å². The molecule has 1 rings (SSSR count). The average molecular weight is 303 g/mol. The van der Waals surface area contributed by atoms with Crippen LogP contribution in [0.3, 0.4) is 0 Å². The Labute approximate surface area is 121 Å². The summed E-state index contributed by atoms with van der Waals surface area (Å²) < 4.78 is 33.2. The number of aliphatic hydroxyl groups is 1. The first kappa shape index (κ1) is 17.2. The van der Waals surface area contributed by atoms with Gasteiger partial charge in [0.05, 0.1) is 12.6 Å². The molecule has 2 N–H and O–H groups in total. The van der Waals surface area contributed by atoms with Crippen LogP contribution >= 0.6 is 0 Å². The molecule has 1 unspecified atom stereocenters. The molecule has 0 heterocycles. The van der Waals surface area contributed by atoms with E-state index < -0.39 is 24.4 Å². The first-order valence-corrected chi connectivity index (χ1v) is 6.37. The van der Waals surface area contributed by atoms with Crippen molar-refractivity contribution in [2.24, 2.45) is 0 Å². The molecule has 1 aromatic rings. The van der Waals surface area contributed by atoms with E-state index in [1.54, 1.807) is 20.8 Å². The molecule has 7 heteroatoms. The standard InChI is InChI=1S/C14H19F2NO4/c1-14(2,3)21-13(19)17-8-11(18)9-4-6-10(7-5-9)20-12(15)16/h4-7,11-12,18H,8H2,1-3H3,(H,17,19). The number of hydrogen-bond donors (Lipinski definition) is 2. The van der Waals surface area contributed by atoms with Crippen LogP contribution in [0.25, 0.3) is 0 Å². The molecule has 0 aromatic heterocycles. The predicted molar refractivity (Wildman–Crippen MR) is 72.3 cm³/mol. The van der Waals surface area contributed by atoms with Crippen LogP contribution in [0, 0.1) is 0 Å². The van der Waals surface area contributed by atoms with Crippen molar-refractivity contribution in [2.45, 2.75) is 39.1 Å². The Morgan fingerprint density at radius 1 is 1.29 bits per heavy atom. The first-order valence-electron chi connectivity index (χ1n) is 6.37. The lowest BCUT2D eigenvalue weighted by atomic mass is 10.1. The van der Waals surface area contributed by atoms with Gasteiger partial charge < -0.3 is 19.9 Å². The van der Waals surface area contributed by atoms with Crippen molar-refractivity contribution in [2.75, 3.05) is 6.54 Å². The Hall–Kier alpha value is -1.89. The minimum atomic E-state index is -2.89. The molecule has 1 atom stereocenters. The lowest BCUT2D eigenvalue weighted by molar-refractivity contribution is -0.0498. The quantitative estimate of drug-likeness (QED) is 0.877. The van der Waals surface area contributed by atoms with Gasteiger partial charge in [0.2, 0.25) is 0 Å². The van der Waals surface area contributed by atoms with Gasteiger partial charge in [-0.2, -0.15) is 8.78 Å². The maximum absolute atomic E-state index is 12.0. The van der Waals surface area contributed by atoms with Crippen LogP contribution in [0.4, 0.5) is 13.6 Å². The van der Waals surface area contributed by atoms with E-state index in [1.807, 2.05) is 0 Å². The normalized spacial score (nSPS) is 12.9. The Balaban J connectivity index is 2.48. The van der Waals surface area contributed by atoms with Crippen LogP contribution in [0.15, 0.2) is 24.3 Å². The number of benzene rings is 1. The number of carbonyl (C=O) groups is 1. The van der Waals surface area contributed by atoms with E-state index in [0.29, 0.717) is 5.56 Å². The Bertz CT molecular complexity index is 457. The van der Waals surface area contributed by atoms with E-state index >= 15 is 0 Å². The second kappa shape index (κ2) is 7.21. The third-order valence-electron chi connectivity index (χ3n) is 2.33. The number of amides is 1. The molecule has 0 saturated heterocycles. The Kier molecular flexibility index (Phi) is 5.90. The van der Waals surface area contributed by atoms with Crippen molar-refractivity contribution >= 4 is 6.09 Å². The molecule has 21 heavy (non-hydrogen) atoms. The third-order valence-corrected chi connectivity index (χ3v) is 2.33. The number of rotatable bonds is 5. The highest BCUT2D eigenvalue weighted by Crippen LogP contribution is 2.19. The van der Waals surface area contributed by atoms with Crippen LogP contribution in [-0.4, -0.2) is 30.0 Å². The summed E-state index contributed by atoms with van der Waals surface area (Å²) in [5, 5.41) is 12.3. The fourth-order valence-corrected chi connectivity index (χ4v) is 1.48. The maximum atomic E-state index is 12.0. The average Bonchev–Trinajstić information content (AvgIpc) is 2.34. The van der Waals surface area contributed by atoms with Crippen molar-refractivity contribution in [1.29, 1.82) is 0 Å².